The van der Waals surface area contributed by atoms with E-state index in [0.29, 0.717) is 0 Å². The van der Waals surface area contributed by atoms with Crippen LogP contribution in [0.25, 0.3) is 0 Å². The Morgan fingerprint density at radius 1 is 0.842 bits per heavy atom. The van der Waals surface area contributed by atoms with Gasteiger partial charge in [-0.1, -0.05) is 38.8 Å². The van der Waals surface area contributed by atoms with Gasteiger partial charge in [-0.05, 0) is 32.1 Å². The fourth-order valence-electron chi connectivity index (χ4n) is 2.39. The Morgan fingerprint density at radius 3 is 1.32 bits per heavy atom. The molecule has 0 aliphatic heterocycles. The number of carbonyl (C=O) groups is 2. The summed E-state index contributed by atoms with van der Waals surface area (Å²) in [6.07, 6.45) is 7.82. The summed E-state index contributed by atoms with van der Waals surface area (Å²) in [7, 11) is 0. The Balaban J connectivity index is 0.000000213. The van der Waals surface area contributed by atoms with Gasteiger partial charge < -0.3 is 0 Å². The number of carbonyl (C=O) groups excluding carboxylic acids is 2. The molecule has 0 saturated heterocycles. The van der Waals surface area contributed by atoms with Crippen molar-refractivity contribution in [1.29, 1.82) is 0 Å². The van der Waals surface area contributed by atoms with Crippen LogP contribution in [0.1, 0.15) is 46.0 Å². The lowest BCUT2D eigenvalue weighted by Gasteiger charge is -2.05. The second-order valence-corrected chi connectivity index (χ2v) is 5.42. The lowest BCUT2D eigenvalue weighted by atomic mass is 10.0. The fraction of sp³-hybridized carbons (Fsp3) is 0.600. The normalized spacial score (nSPS) is 23.1. The van der Waals surface area contributed by atoms with Gasteiger partial charge in [-0.2, -0.15) is 0 Å². The van der Waals surface area contributed by atoms with Gasteiger partial charge in [0.05, 0.1) is 0 Å². The average Bonchev–Trinajstić information content (AvgIpc) is 3.00. The van der Waals surface area contributed by atoms with Crippen molar-refractivity contribution in [2.45, 2.75) is 46.0 Å². The van der Waals surface area contributed by atoms with Gasteiger partial charge in [-0.25, -0.2) is 19.4 Å². The zero-order valence-corrected chi connectivity index (χ0v) is 11.7. The van der Waals surface area contributed by atoms with Gasteiger partial charge in [-0.3, -0.25) is 0 Å². The second kappa shape index (κ2) is 7.12. The van der Waals surface area contributed by atoms with E-state index in [1.165, 1.54) is 25.7 Å². The molecule has 0 N–H and O–H groups in total. The van der Waals surface area contributed by atoms with E-state index in [9.17, 15) is 9.59 Å². The van der Waals surface area contributed by atoms with Crippen molar-refractivity contribution >= 4 is 11.9 Å². The van der Waals surface area contributed by atoms with E-state index < -0.39 is 11.9 Å². The van der Waals surface area contributed by atoms with Crippen LogP contribution in [-0.4, -0.2) is 11.9 Å². The fourth-order valence-corrected chi connectivity index (χ4v) is 2.39. The van der Waals surface area contributed by atoms with E-state index in [1.54, 1.807) is 32.1 Å². The van der Waals surface area contributed by atoms with Gasteiger partial charge in [0.1, 0.15) is 0 Å². The highest BCUT2D eigenvalue weighted by molar-refractivity contribution is 5.89. The molecule has 0 unspecified atom stereocenters. The second-order valence-electron chi connectivity index (χ2n) is 5.42. The standard InChI is InChI=1S/C8H10O4.C7H12/c1-5(2)7(9)11-12-8(10)6(3)4;1-2-7-4-3-6(1)5-7/h1,3H2,2,4H3;6-7H,1-5H2. The molecule has 0 aromatic carbocycles. The van der Waals surface area contributed by atoms with Gasteiger partial charge >= 0.3 is 11.9 Å². The molecule has 106 valence electrons. The number of fused-ring (bicyclic) bond motifs is 2. The molecule has 2 saturated carbocycles. The minimum absolute atomic E-state index is 0.157. The van der Waals surface area contributed by atoms with Crippen molar-refractivity contribution in [1.82, 2.24) is 0 Å². The van der Waals surface area contributed by atoms with Gasteiger partial charge in [0.15, 0.2) is 0 Å². The molecule has 0 spiro atoms. The maximum Gasteiger partial charge on any atom is 0.381 e. The third-order valence-electron chi connectivity index (χ3n) is 3.52. The molecule has 19 heavy (non-hydrogen) atoms. The summed E-state index contributed by atoms with van der Waals surface area (Å²) >= 11 is 0. The third kappa shape index (κ3) is 5.28. The van der Waals surface area contributed by atoms with Gasteiger partial charge in [-0.15, -0.1) is 0 Å². The Kier molecular flexibility index (Phi) is 5.80. The molecule has 4 heteroatoms. The van der Waals surface area contributed by atoms with Crippen LogP contribution in [0.4, 0.5) is 0 Å². The molecule has 2 aliphatic carbocycles. The maximum absolute atomic E-state index is 10.6. The first-order valence-corrected chi connectivity index (χ1v) is 6.64. The zero-order chi connectivity index (χ0) is 14.4. The first-order chi connectivity index (χ1) is 8.90. The molecule has 0 aromatic rings. The van der Waals surface area contributed by atoms with E-state index in [0.717, 1.165) is 0 Å². The molecule has 2 fully saturated rings. The number of rotatable bonds is 2. The van der Waals surface area contributed by atoms with E-state index in [4.69, 9.17) is 0 Å². The van der Waals surface area contributed by atoms with E-state index in [-0.39, 0.29) is 11.1 Å². The van der Waals surface area contributed by atoms with Crippen molar-refractivity contribution in [2.75, 3.05) is 0 Å². The van der Waals surface area contributed by atoms with Crippen molar-refractivity contribution in [2.24, 2.45) is 11.8 Å². The average molecular weight is 266 g/mol. The van der Waals surface area contributed by atoms with Crippen LogP contribution in [0.3, 0.4) is 0 Å². The predicted molar refractivity (Wildman–Crippen MR) is 71.9 cm³/mol. The van der Waals surface area contributed by atoms with Crippen LogP contribution in [0, 0.1) is 11.8 Å². The van der Waals surface area contributed by atoms with Gasteiger partial charge in [0.2, 0.25) is 0 Å². The minimum Gasteiger partial charge on any atom is -0.242 e. The summed E-state index contributed by atoms with van der Waals surface area (Å²) in [5.74, 6) is 0.796. The molecule has 0 atom stereocenters. The van der Waals surface area contributed by atoms with Crippen LogP contribution < -0.4 is 0 Å². The quantitative estimate of drug-likeness (QED) is 0.437. The van der Waals surface area contributed by atoms with Crippen LogP contribution in [0.5, 0.6) is 0 Å². The first kappa shape index (κ1) is 15.5. The maximum atomic E-state index is 10.6. The molecular weight excluding hydrogens is 244 g/mol. The first-order valence-electron chi connectivity index (χ1n) is 6.64. The Hall–Kier alpha value is -1.58. The zero-order valence-electron chi connectivity index (χ0n) is 11.7. The van der Waals surface area contributed by atoms with Crippen molar-refractivity contribution in [3.63, 3.8) is 0 Å². The van der Waals surface area contributed by atoms with Crippen LogP contribution in [0.2, 0.25) is 0 Å². The van der Waals surface area contributed by atoms with E-state index >= 15 is 0 Å². The monoisotopic (exact) mass is 266 g/mol. The van der Waals surface area contributed by atoms with Crippen LogP contribution >= 0.6 is 0 Å². The molecule has 0 radical (unpaired) electrons. The van der Waals surface area contributed by atoms with Gasteiger partial charge in [0, 0.05) is 11.1 Å². The highest BCUT2D eigenvalue weighted by Gasteiger charge is 2.30. The SMILES string of the molecule is C1CC2CCC1C2.C=C(C)C(=O)OOC(=O)C(=C)C. The summed E-state index contributed by atoms with van der Waals surface area (Å²) in [4.78, 5) is 29.4. The van der Waals surface area contributed by atoms with E-state index in [2.05, 4.69) is 22.9 Å². The van der Waals surface area contributed by atoms with Crippen molar-refractivity contribution in [3.05, 3.63) is 24.3 Å². The predicted octanol–water partition coefficient (Wildman–Crippen LogP) is 3.34. The molecule has 0 amide bonds. The highest BCUT2D eigenvalue weighted by atomic mass is 17.2. The Morgan fingerprint density at radius 2 is 1.16 bits per heavy atom. The number of hydrogen-bond acceptors (Lipinski definition) is 4. The van der Waals surface area contributed by atoms with Crippen molar-refractivity contribution < 1.29 is 19.4 Å². The Bertz CT molecular complexity index is 340. The van der Waals surface area contributed by atoms with Gasteiger partial charge in [0.25, 0.3) is 0 Å². The molecule has 2 bridgehead atoms. The summed E-state index contributed by atoms with van der Waals surface area (Å²) in [6, 6.07) is 0. The Labute approximate surface area is 114 Å². The molecular formula is C15H22O4. The third-order valence-corrected chi connectivity index (χ3v) is 3.52. The summed E-state index contributed by atoms with van der Waals surface area (Å²) in [5.41, 5.74) is 0.314. The lowest BCUT2D eigenvalue weighted by molar-refractivity contribution is -0.252. The summed E-state index contributed by atoms with van der Waals surface area (Å²) in [5, 5.41) is 0. The largest absolute Gasteiger partial charge is 0.381 e. The molecule has 2 rings (SSSR count). The summed E-state index contributed by atoms with van der Waals surface area (Å²) < 4.78 is 0. The highest BCUT2D eigenvalue weighted by Crippen LogP contribution is 2.43. The van der Waals surface area contributed by atoms with Crippen molar-refractivity contribution in [3.8, 4) is 0 Å². The number of hydrogen-bond donors (Lipinski definition) is 0. The molecule has 4 nitrogen and oxygen atoms in total. The molecule has 2 aliphatic rings. The summed E-state index contributed by atoms with van der Waals surface area (Å²) in [6.45, 7) is 9.46. The van der Waals surface area contributed by atoms with Crippen LogP contribution in [0.15, 0.2) is 24.3 Å². The van der Waals surface area contributed by atoms with Crippen LogP contribution in [-0.2, 0) is 19.4 Å². The molecule has 0 heterocycles. The molecule has 0 aromatic heterocycles. The lowest BCUT2D eigenvalue weighted by Crippen LogP contribution is -2.11. The topological polar surface area (TPSA) is 52.6 Å². The smallest absolute Gasteiger partial charge is 0.242 e. The van der Waals surface area contributed by atoms with E-state index in [1.807, 2.05) is 0 Å². The minimum atomic E-state index is -0.774.